The van der Waals surface area contributed by atoms with Crippen molar-refractivity contribution in [3.63, 3.8) is 0 Å². The lowest BCUT2D eigenvalue weighted by molar-refractivity contribution is 0.101. The fourth-order valence-electron chi connectivity index (χ4n) is 3.38. The summed E-state index contributed by atoms with van der Waals surface area (Å²) in [6, 6.07) is 7.98. The lowest BCUT2D eigenvalue weighted by Crippen LogP contribution is -2.28. The summed E-state index contributed by atoms with van der Waals surface area (Å²) in [5.41, 5.74) is 2.61. The molecule has 1 N–H and O–H groups in total. The number of fused-ring (bicyclic) bond motifs is 1. The molecule has 0 saturated carbocycles. The summed E-state index contributed by atoms with van der Waals surface area (Å²) in [5.74, 6) is 0.0593. The van der Waals surface area contributed by atoms with Crippen LogP contribution in [0.5, 0.6) is 0 Å². The molecule has 0 bridgehead atoms. The molecule has 3 rings (SSSR count). The second-order valence-corrected chi connectivity index (χ2v) is 7.74. The summed E-state index contributed by atoms with van der Waals surface area (Å²) in [4.78, 5) is 37.9. The zero-order valence-electron chi connectivity index (χ0n) is 18.6. The van der Waals surface area contributed by atoms with Gasteiger partial charge in [0.1, 0.15) is 0 Å². The van der Waals surface area contributed by atoms with E-state index in [1.54, 1.807) is 13.1 Å². The summed E-state index contributed by atoms with van der Waals surface area (Å²) in [5, 5.41) is 3.81. The number of ketones is 1. The topological polar surface area (TPSA) is 83.4 Å². The number of benzene rings is 1. The highest BCUT2D eigenvalue weighted by Gasteiger charge is 2.18. The van der Waals surface area contributed by atoms with Gasteiger partial charge >= 0.3 is 0 Å². The van der Waals surface area contributed by atoms with Gasteiger partial charge in [0.2, 0.25) is 5.95 Å². The highest BCUT2D eigenvalue weighted by atomic mass is 16.1. The minimum Gasteiger partial charge on any atom is -0.373 e. The molecule has 2 aromatic heterocycles. The number of Topliss-reactive ketones (excluding diaryl/α,β-unsaturated/α-hetero) is 1. The van der Waals surface area contributed by atoms with E-state index >= 15 is 0 Å². The number of rotatable bonds is 8. The maximum atomic E-state index is 12.7. The van der Waals surface area contributed by atoms with Gasteiger partial charge in [0.25, 0.3) is 5.56 Å². The number of pyridine rings is 1. The molecule has 0 aliphatic rings. The minimum absolute atomic E-state index is 0.130. The summed E-state index contributed by atoms with van der Waals surface area (Å²) < 4.78 is 1.29. The number of carbonyl (C=O) groups is 1. The molecule has 0 atom stereocenters. The molecule has 0 aliphatic heterocycles. The fourth-order valence-corrected chi connectivity index (χ4v) is 3.38. The highest BCUT2D eigenvalue weighted by molar-refractivity contribution is 5.99. The van der Waals surface area contributed by atoms with Crippen LogP contribution in [0.2, 0.25) is 0 Å². The Morgan fingerprint density at radius 2 is 1.87 bits per heavy atom. The van der Waals surface area contributed by atoms with Gasteiger partial charge < -0.3 is 15.1 Å². The minimum atomic E-state index is -0.428. The normalized spacial score (nSPS) is 11.0. The molecule has 162 valence electrons. The predicted octanol–water partition coefficient (Wildman–Crippen LogP) is 3.14. The van der Waals surface area contributed by atoms with E-state index in [0.29, 0.717) is 22.5 Å². The largest absolute Gasteiger partial charge is 0.373 e. The van der Waals surface area contributed by atoms with E-state index in [0.717, 1.165) is 24.5 Å². The first kappa shape index (κ1) is 22.2. The molecule has 31 heavy (non-hydrogen) atoms. The molecule has 8 heteroatoms. The Balaban J connectivity index is 1.91. The van der Waals surface area contributed by atoms with Gasteiger partial charge in [-0.05, 0) is 57.8 Å². The van der Waals surface area contributed by atoms with E-state index in [-0.39, 0.29) is 11.3 Å². The van der Waals surface area contributed by atoms with Crippen LogP contribution in [0, 0.1) is 6.92 Å². The summed E-state index contributed by atoms with van der Waals surface area (Å²) in [7, 11) is 6.17. The van der Waals surface area contributed by atoms with Crippen molar-refractivity contribution >= 4 is 40.3 Å². The van der Waals surface area contributed by atoms with Crippen molar-refractivity contribution in [1.29, 1.82) is 0 Å². The molecule has 0 radical (unpaired) electrons. The Bertz CT molecular complexity index is 1180. The number of carbonyl (C=O) groups excluding carboxylic acids is 1. The third-order valence-corrected chi connectivity index (χ3v) is 5.19. The van der Waals surface area contributed by atoms with Crippen molar-refractivity contribution in [2.75, 3.05) is 44.4 Å². The van der Waals surface area contributed by atoms with Crippen LogP contribution in [0.15, 0.2) is 41.8 Å². The number of nitrogens with one attached hydrogen (secondary N) is 1. The second-order valence-electron chi connectivity index (χ2n) is 7.74. The lowest BCUT2D eigenvalue weighted by atomic mass is 10.0. The van der Waals surface area contributed by atoms with Crippen molar-refractivity contribution in [2.24, 2.45) is 0 Å². The molecule has 8 nitrogen and oxygen atoms in total. The molecule has 0 unspecified atom stereocenters. The van der Waals surface area contributed by atoms with Crippen LogP contribution in [0.1, 0.15) is 22.8 Å². The van der Waals surface area contributed by atoms with E-state index in [1.807, 2.05) is 24.3 Å². The lowest BCUT2D eigenvalue weighted by Gasteiger charge is -2.21. The van der Waals surface area contributed by atoms with Crippen molar-refractivity contribution in [3.8, 4) is 0 Å². The van der Waals surface area contributed by atoms with Crippen molar-refractivity contribution in [3.05, 3.63) is 58.5 Å². The number of aromatic nitrogens is 3. The van der Waals surface area contributed by atoms with Crippen LogP contribution in [0.4, 0.5) is 17.3 Å². The third-order valence-electron chi connectivity index (χ3n) is 5.19. The first-order valence-electron chi connectivity index (χ1n) is 10.0. The first-order valence-corrected chi connectivity index (χ1v) is 10.0. The summed E-state index contributed by atoms with van der Waals surface area (Å²) in [6.45, 7) is 8.70. The smallest absolute Gasteiger partial charge is 0.267 e. The molecule has 3 aromatic rings. The number of likely N-dealkylation sites (N-methyl/N-ethyl adjacent to an activating group) is 2. The Kier molecular flexibility index (Phi) is 6.50. The molecule has 0 saturated heterocycles. The maximum Gasteiger partial charge on any atom is 0.267 e. The van der Waals surface area contributed by atoms with E-state index in [1.165, 1.54) is 17.7 Å². The summed E-state index contributed by atoms with van der Waals surface area (Å²) in [6.07, 6.45) is 2.99. The number of hydrogen-bond acceptors (Lipinski definition) is 7. The standard InChI is InChI=1S/C23H28N6O2/c1-7-29-21-19(15(2)20(16(3)30)22(29)31)14-24-23(26-21)25-17-8-10-18(11-9-17)28(6)13-12-27(4)5/h7-11,14H,1,12-13H2,2-6H3,(H,24,25,26). The van der Waals surface area contributed by atoms with Gasteiger partial charge in [0.15, 0.2) is 11.4 Å². The van der Waals surface area contributed by atoms with Crippen LogP contribution in [0.3, 0.4) is 0 Å². The Labute approximate surface area is 181 Å². The van der Waals surface area contributed by atoms with Gasteiger partial charge in [-0.15, -0.1) is 0 Å². The van der Waals surface area contributed by atoms with Gasteiger partial charge in [-0.2, -0.15) is 4.98 Å². The number of aryl methyl sites for hydroxylation is 1. The van der Waals surface area contributed by atoms with E-state index in [4.69, 9.17) is 0 Å². The van der Waals surface area contributed by atoms with Crippen molar-refractivity contribution in [1.82, 2.24) is 19.4 Å². The Morgan fingerprint density at radius 1 is 1.19 bits per heavy atom. The van der Waals surface area contributed by atoms with Crippen LogP contribution >= 0.6 is 0 Å². The molecular formula is C23H28N6O2. The molecule has 0 amide bonds. The van der Waals surface area contributed by atoms with Crippen LogP contribution in [-0.4, -0.2) is 59.5 Å². The zero-order chi connectivity index (χ0) is 22.7. The van der Waals surface area contributed by atoms with Gasteiger partial charge in [0.05, 0.1) is 5.56 Å². The molecule has 0 aliphatic carbocycles. The number of hydrogen-bond donors (Lipinski definition) is 1. The second kappa shape index (κ2) is 9.09. The SMILES string of the molecule is C=Cn1c(=O)c(C(C)=O)c(C)c2cnc(Nc3ccc(N(C)CCN(C)C)cc3)nc21. The quantitative estimate of drug-likeness (QED) is 0.561. The molecule has 0 fully saturated rings. The van der Waals surface area contributed by atoms with Crippen molar-refractivity contribution < 1.29 is 4.79 Å². The van der Waals surface area contributed by atoms with Gasteiger partial charge in [-0.25, -0.2) is 4.98 Å². The number of anilines is 3. The molecule has 2 heterocycles. The fraction of sp³-hybridized carbons (Fsp3) is 0.304. The third kappa shape index (κ3) is 4.64. The van der Waals surface area contributed by atoms with Gasteiger partial charge in [0, 0.05) is 49.3 Å². The van der Waals surface area contributed by atoms with Crippen LogP contribution in [-0.2, 0) is 0 Å². The Morgan fingerprint density at radius 3 is 2.45 bits per heavy atom. The predicted molar refractivity (Wildman–Crippen MR) is 126 cm³/mol. The van der Waals surface area contributed by atoms with Gasteiger partial charge in [-0.3, -0.25) is 14.2 Å². The Hall–Kier alpha value is -3.52. The summed E-state index contributed by atoms with van der Waals surface area (Å²) >= 11 is 0. The van der Waals surface area contributed by atoms with E-state index < -0.39 is 5.56 Å². The first-order chi connectivity index (χ1) is 14.7. The maximum absolute atomic E-state index is 12.7. The van der Waals surface area contributed by atoms with E-state index in [9.17, 15) is 9.59 Å². The average molecular weight is 421 g/mol. The van der Waals surface area contributed by atoms with Crippen molar-refractivity contribution in [2.45, 2.75) is 13.8 Å². The van der Waals surface area contributed by atoms with E-state index in [2.05, 4.69) is 52.8 Å². The molecular weight excluding hydrogens is 392 g/mol. The van der Waals surface area contributed by atoms with Gasteiger partial charge in [-0.1, -0.05) is 6.58 Å². The average Bonchev–Trinajstić information content (AvgIpc) is 2.72. The number of nitrogens with zero attached hydrogens (tertiary/aromatic N) is 5. The monoisotopic (exact) mass is 420 g/mol. The molecule has 1 aromatic carbocycles. The highest BCUT2D eigenvalue weighted by Crippen LogP contribution is 2.22. The molecule has 0 spiro atoms. The van der Waals surface area contributed by atoms with Crippen LogP contribution < -0.4 is 15.8 Å². The zero-order valence-corrected chi connectivity index (χ0v) is 18.6. The van der Waals surface area contributed by atoms with Crippen LogP contribution in [0.25, 0.3) is 17.2 Å².